The summed E-state index contributed by atoms with van der Waals surface area (Å²) in [6, 6.07) is 6.42. The van der Waals surface area contributed by atoms with E-state index in [4.69, 9.17) is 17.4 Å². The van der Waals surface area contributed by atoms with Gasteiger partial charge in [0.15, 0.2) is 0 Å². The number of halogens is 2. The third kappa shape index (κ3) is 4.45. The molecular weight excluding hydrogens is 324 g/mol. The molecule has 106 valence electrons. The summed E-state index contributed by atoms with van der Waals surface area (Å²) in [6.45, 7) is 0. The van der Waals surface area contributed by atoms with Crippen molar-refractivity contribution in [1.82, 2.24) is 5.43 Å². The molecule has 1 aliphatic carbocycles. The Morgan fingerprint density at radius 2 is 1.95 bits per heavy atom. The van der Waals surface area contributed by atoms with Crippen LogP contribution in [0.4, 0.5) is 0 Å². The van der Waals surface area contributed by atoms with Crippen molar-refractivity contribution in [1.29, 1.82) is 0 Å². The number of hydrogen-bond acceptors (Lipinski definition) is 2. The summed E-state index contributed by atoms with van der Waals surface area (Å²) in [4.78, 5) is 0. The van der Waals surface area contributed by atoms with Crippen molar-refractivity contribution < 1.29 is 0 Å². The predicted molar refractivity (Wildman–Crippen MR) is 85.2 cm³/mol. The van der Waals surface area contributed by atoms with Gasteiger partial charge < -0.3 is 0 Å². The normalized spacial score (nSPS) is 19.1. The number of benzene rings is 1. The number of hydrogen-bond donors (Lipinski definition) is 2. The molecule has 1 fully saturated rings. The Labute approximate surface area is 129 Å². The Morgan fingerprint density at radius 1 is 1.26 bits per heavy atom. The number of hydrazine groups is 1. The fourth-order valence-corrected chi connectivity index (χ4v) is 3.75. The predicted octanol–water partition coefficient (Wildman–Crippen LogP) is 4.45. The highest BCUT2D eigenvalue weighted by atomic mass is 79.9. The Hall–Kier alpha value is -0.0900. The van der Waals surface area contributed by atoms with Crippen LogP contribution in [0.2, 0.25) is 5.02 Å². The van der Waals surface area contributed by atoms with E-state index in [1.54, 1.807) is 0 Å². The van der Waals surface area contributed by atoms with Crippen LogP contribution in [0.15, 0.2) is 22.7 Å². The average molecular weight is 346 g/mol. The Kier molecular flexibility index (Phi) is 6.14. The minimum atomic E-state index is 0.330. The lowest BCUT2D eigenvalue weighted by Gasteiger charge is -2.26. The molecule has 1 unspecified atom stereocenters. The van der Waals surface area contributed by atoms with Crippen LogP contribution in [0.25, 0.3) is 0 Å². The maximum absolute atomic E-state index is 6.30. The molecule has 0 radical (unpaired) electrons. The van der Waals surface area contributed by atoms with E-state index in [-0.39, 0.29) is 0 Å². The standard InChI is InChI=1S/C15H22BrClN2/c16-13-8-7-12(14(17)10-13)9-15(19-18)11-5-3-1-2-4-6-11/h7-8,10-11,15,19H,1-6,9,18H2. The first kappa shape index (κ1) is 15.3. The van der Waals surface area contributed by atoms with Gasteiger partial charge in [-0.3, -0.25) is 11.3 Å². The van der Waals surface area contributed by atoms with Gasteiger partial charge in [0.25, 0.3) is 0 Å². The summed E-state index contributed by atoms with van der Waals surface area (Å²) < 4.78 is 1.02. The van der Waals surface area contributed by atoms with E-state index in [0.29, 0.717) is 12.0 Å². The molecule has 0 amide bonds. The largest absolute Gasteiger partial charge is 0.271 e. The van der Waals surface area contributed by atoms with Crippen LogP contribution < -0.4 is 11.3 Å². The molecule has 1 saturated carbocycles. The average Bonchev–Trinajstić information content (AvgIpc) is 2.67. The molecule has 3 N–H and O–H groups in total. The summed E-state index contributed by atoms with van der Waals surface area (Å²) in [7, 11) is 0. The highest BCUT2D eigenvalue weighted by Crippen LogP contribution is 2.29. The van der Waals surface area contributed by atoms with Crippen LogP contribution in [0.3, 0.4) is 0 Å². The highest BCUT2D eigenvalue weighted by molar-refractivity contribution is 9.10. The maximum atomic E-state index is 6.30. The monoisotopic (exact) mass is 344 g/mol. The third-order valence-corrected chi connectivity index (χ3v) is 4.98. The molecule has 4 heteroatoms. The van der Waals surface area contributed by atoms with E-state index >= 15 is 0 Å². The van der Waals surface area contributed by atoms with Gasteiger partial charge in [-0.1, -0.05) is 59.3 Å². The molecule has 1 atom stereocenters. The number of nitrogens with two attached hydrogens (primary N) is 1. The second-order valence-electron chi connectivity index (χ2n) is 5.46. The van der Waals surface area contributed by atoms with E-state index in [0.717, 1.165) is 15.9 Å². The van der Waals surface area contributed by atoms with Crippen LogP contribution >= 0.6 is 27.5 Å². The van der Waals surface area contributed by atoms with Gasteiger partial charge in [0.2, 0.25) is 0 Å². The second-order valence-corrected chi connectivity index (χ2v) is 6.79. The Morgan fingerprint density at radius 3 is 2.53 bits per heavy atom. The zero-order chi connectivity index (χ0) is 13.7. The maximum Gasteiger partial charge on any atom is 0.0449 e. The van der Waals surface area contributed by atoms with Gasteiger partial charge in [-0.25, -0.2) is 0 Å². The molecule has 2 nitrogen and oxygen atoms in total. The van der Waals surface area contributed by atoms with Crippen molar-refractivity contribution in [2.24, 2.45) is 11.8 Å². The number of nitrogens with one attached hydrogen (secondary N) is 1. The van der Waals surface area contributed by atoms with Crippen molar-refractivity contribution in [2.45, 2.75) is 51.0 Å². The third-order valence-electron chi connectivity index (χ3n) is 4.14. The first-order chi connectivity index (χ1) is 9.20. The van der Waals surface area contributed by atoms with Gasteiger partial charge in [0, 0.05) is 15.5 Å². The summed E-state index contributed by atoms with van der Waals surface area (Å²) >= 11 is 9.74. The first-order valence-corrected chi connectivity index (χ1v) is 8.28. The minimum Gasteiger partial charge on any atom is -0.271 e. The lowest BCUT2D eigenvalue weighted by molar-refractivity contribution is 0.320. The van der Waals surface area contributed by atoms with Gasteiger partial charge in [-0.2, -0.15) is 0 Å². The van der Waals surface area contributed by atoms with Gasteiger partial charge in [-0.15, -0.1) is 0 Å². The fourth-order valence-electron chi connectivity index (χ4n) is 3.00. The second kappa shape index (κ2) is 7.63. The molecule has 0 spiro atoms. The molecule has 1 aliphatic rings. The van der Waals surface area contributed by atoms with Crippen molar-refractivity contribution >= 4 is 27.5 Å². The lowest BCUT2D eigenvalue weighted by atomic mass is 9.88. The topological polar surface area (TPSA) is 38.0 Å². The molecular formula is C15H22BrClN2. The lowest BCUT2D eigenvalue weighted by Crippen LogP contribution is -2.42. The molecule has 1 aromatic rings. The van der Waals surface area contributed by atoms with Crippen molar-refractivity contribution in [3.8, 4) is 0 Å². The van der Waals surface area contributed by atoms with Gasteiger partial charge >= 0.3 is 0 Å². The van der Waals surface area contributed by atoms with E-state index in [2.05, 4.69) is 27.4 Å². The highest BCUT2D eigenvalue weighted by Gasteiger charge is 2.22. The summed E-state index contributed by atoms with van der Waals surface area (Å²) in [6.07, 6.45) is 8.87. The van der Waals surface area contributed by atoms with Crippen molar-refractivity contribution in [2.75, 3.05) is 0 Å². The van der Waals surface area contributed by atoms with Gasteiger partial charge in [-0.05, 0) is 42.9 Å². The molecule has 0 aliphatic heterocycles. The van der Waals surface area contributed by atoms with Crippen LogP contribution in [-0.2, 0) is 6.42 Å². The zero-order valence-electron chi connectivity index (χ0n) is 11.2. The zero-order valence-corrected chi connectivity index (χ0v) is 13.5. The van der Waals surface area contributed by atoms with Gasteiger partial charge in [0.1, 0.15) is 0 Å². The first-order valence-electron chi connectivity index (χ1n) is 7.10. The molecule has 1 aromatic carbocycles. The summed E-state index contributed by atoms with van der Waals surface area (Å²) in [5, 5.41) is 0.822. The smallest absolute Gasteiger partial charge is 0.0449 e. The van der Waals surface area contributed by atoms with E-state index in [1.807, 2.05) is 12.1 Å². The van der Waals surface area contributed by atoms with E-state index in [1.165, 1.54) is 44.1 Å². The van der Waals surface area contributed by atoms with Crippen molar-refractivity contribution in [3.05, 3.63) is 33.3 Å². The molecule has 0 heterocycles. The molecule has 0 saturated heterocycles. The van der Waals surface area contributed by atoms with Gasteiger partial charge in [0.05, 0.1) is 0 Å². The molecule has 0 bridgehead atoms. The van der Waals surface area contributed by atoms with Crippen molar-refractivity contribution in [3.63, 3.8) is 0 Å². The molecule has 19 heavy (non-hydrogen) atoms. The van der Waals surface area contributed by atoms with Crippen LogP contribution in [0, 0.1) is 5.92 Å². The number of rotatable bonds is 4. The minimum absolute atomic E-state index is 0.330. The van der Waals surface area contributed by atoms with E-state index < -0.39 is 0 Å². The Bertz CT molecular complexity index is 403. The molecule has 0 aromatic heterocycles. The Balaban J connectivity index is 2.04. The van der Waals surface area contributed by atoms with Crippen LogP contribution in [0.1, 0.15) is 44.1 Å². The quantitative estimate of drug-likeness (QED) is 0.481. The SMILES string of the molecule is NNC(Cc1ccc(Br)cc1Cl)C1CCCCCC1. The van der Waals surface area contributed by atoms with Crippen LogP contribution in [0.5, 0.6) is 0 Å². The van der Waals surface area contributed by atoms with Crippen LogP contribution in [-0.4, -0.2) is 6.04 Å². The molecule has 2 rings (SSSR count). The summed E-state index contributed by atoms with van der Waals surface area (Å²) in [5.74, 6) is 6.45. The summed E-state index contributed by atoms with van der Waals surface area (Å²) in [5.41, 5.74) is 4.20. The fraction of sp³-hybridized carbons (Fsp3) is 0.600. The van der Waals surface area contributed by atoms with E-state index in [9.17, 15) is 0 Å².